The van der Waals surface area contributed by atoms with E-state index in [4.69, 9.17) is 4.42 Å². The van der Waals surface area contributed by atoms with E-state index >= 15 is 0 Å². The summed E-state index contributed by atoms with van der Waals surface area (Å²) in [5.41, 5.74) is 0.826. The Bertz CT molecular complexity index is 2130. The molecule has 0 amide bonds. The van der Waals surface area contributed by atoms with Crippen molar-refractivity contribution >= 4 is 43.7 Å². The molecule has 202 valence electrons. The number of nitrogens with zero attached hydrogens (tertiary/aromatic N) is 2. The quantitative estimate of drug-likeness (QED) is 0.157. The van der Waals surface area contributed by atoms with Crippen LogP contribution in [0.4, 0.5) is 26.3 Å². The van der Waals surface area contributed by atoms with E-state index in [1.165, 1.54) is 0 Å². The third kappa shape index (κ3) is 4.07. The molecule has 0 unspecified atom stereocenters. The summed E-state index contributed by atoms with van der Waals surface area (Å²) < 4.78 is 89.5. The van der Waals surface area contributed by atoms with Crippen LogP contribution in [0.25, 0.3) is 66.1 Å². The molecule has 0 bridgehead atoms. The van der Waals surface area contributed by atoms with Gasteiger partial charge in [0.25, 0.3) is 0 Å². The lowest BCUT2D eigenvalue weighted by Gasteiger charge is -2.15. The highest BCUT2D eigenvalue weighted by Crippen LogP contribution is 2.42. The maximum absolute atomic E-state index is 14.2. The molecule has 7 rings (SSSR count). The second-order valence-electron chi connectivity index (χ2n) is 9.62. The zero-order valence-corrected chi connectivity index (χ0v) is 20.8. The summed E-state index contributed by atoms with van der Waals surface area (Å²) in [5, 5.41) is 1.26. The van der Waals surface area contributed by atoms with Gasteiger partial charge in [-0.1, -0.05) is 72.8 Å². The normalized spacial score (nSPS) is 12.6. The summed E-state index contributed by atoms with van der Waals surface area (Å²) in [7, 11) is 0. The summed E-state index contributed by atoms with van der Waals surface area (Å²) in [4.78, 5) is 8.41. The smallest absolute Gasteiger partial charge is 0.417 e. The van der Waals surface area contributed by atoms with Crippen LogP contribution < -0.4 is 0 Å². The minimum Gasteiger partial charge on any atom is -0.455 e. The van der Waals surface area contributed by atoms with Crippen LogP contribution in [-0.2, 0) is 12.4 Å². The summed E-state index contributed by atoms with van der Waals surface area (Å²) in [6, 6.07) is 23.9. The second kappa shape index (κ2) is 8.79. The van der Waals surface area contributed by atoms with E-state index in [1.54, 1.807) is 24.3 Å². The number of hydrogen-bond donors (Lipinski definition) is 0. The van der Waals surface area contributed by atoms with Gasteiger partial charge in [-0.25, -0.2) is 4.98 Å². The van der Waals surface area contributed by atoms with E-state index in [0.717, 1.165) is 57.9 Å². The van der Waals surface area contributed by atoms with Crippen molar-refractivity contribution in [2.45, 2.75) is 12.4 Å². The van der Waals surface area contributed by atoms with E-state index in [-0.39, 0.29) is 27.5 Å². The topological polar surface area (TPSA) is 38.9 Å². The fourth-order valence-corrected chi connectivity index (χ4v) is 5.33. The van der Waals surface area contributed by atoms with Crippen molar-refractivity contribution in [3.63, 3.8) is 0 Å². The highest BCUT2D eigenvalue weighted by atomic mass is 19.4. The molecule has 0 atom stereocenters. The Morgan fingerprint density at radius 3 is 1.95 bits per heavy atom. The highest BCUT2D eigenvalue weighted by molar-refractivity contribution is 6.09. The first-order valence-corrected chi connectivity index (χ1v) is 12.5. The second-order valence-corrected chi connectivity index (χ2v) is 9.62. The summed E-state index contributed by atoms with van der Waals surface area (Å²) >= 11 is 0. The summed E-state index contributed by atoms with van der Waals surface area (Å²) in [6.45, 7) is 0. The number of pyridine rings is 2. The molecule has 0 radical (unpaired) electrons. The van der Waals surface area contributed by atoms with Gasteiger partial charge in [-0.05, 0) is 23.8 Å². The van der Waals surface area contributed by atoms with Crippen LogP contribution in [0.3, 0.4) is 0 Å². The van der Waals surface area contributed by atoms with E-state index in [9.17, 15) is 26.3 Å². The molecule has 4 aromatic carbocycles. The zero-order valence-electron chi connectivity index (χ0n) is 20.8. The number of rotatable bonds is 2. The average Bonchev–Trinajstić information content (AvgIpc) is 3.34. The highest BCUT2D eigenvalue weighted by Gasteiger charge is 2.36. The summed E-state index contributed by atoms with van der Waals surface area (Å²) in [6.07, 6.45) is -8.56. The molecule has 0 saturated carbocycles. The molecule has 0 aliphatic rings. The van der Waals surface area contributed by atoms with Crippen LogP contribution in [-0.4, -0.2) is 9.97 Å². The Balaban J connectivity index is 1.40. The molecule has 0 aliphatic heterocycles. The number of fused-ring (bicyclic) bond motifs is 6. The van der Waals surface area contributed by atoms with Gasteiger partial charge in [0.1, 0.15) is 11.2 Å². The molecule has 0 saturated heterocycles. The minimum absolute atomic E-state index is 0.0370. The van der Waals surface area contributed by atoms with Crippen LogP contribution in [0.1, 0.15) is 11.1 Å². The number of para-hydroxylation sites is 2. The first-order valence-electron chi connectivity index (χ1n) is 12.5. The molecular weight excluding hydrogens is 542 g/mol. The molecule has 41 heavy (non-hydrogen) atoms. The Hall–Kier alpha value is -4.92. The lowest BCUT2D eigenvalue weighted by Crippen LogP contribution is -2.09. The van der Waals surface area contributed by atoms with Crippen molar-refractivity contribution in [3.8, 4) is 22.4 Å². The van der Waals surface area contributed by atoms with Gasteiger partial charge in [0.15, 0.2) is 0 Å². The van der Waals surface area contributed by atoms with Crippen LogP contribution >= 0.6 is 0 Å². The molecule has 0 aliphatic carbocycles. The first kappa shape index (κ1) is 25.1. The Morgan fingerprint density at radius 1 is 0.561 bits per heavy atom. The third-order valence-corrected chi connectivity index (χ3v) is 7.20. The molecule has 0 spiro atoms. The van der Waals surface area contributed by atoms with Crippen molar-refractivity contribution in [1.82, 2.24) is 9.97 Å². The van der Waals surface area contributed by atoms with Crippen molar-refractivity contribution in [2.24, 2.45) is 0 Å². The standard InChI is InChI=1S/C32H16F6N2O/c33-31(34,35)24-14-15-39-28-22(24)12-13-23-25(32(36,37)38)16-26(40-29(23)28)18-10-8-17(9-11-18)19-5-3-6-21-20-4-1-2-7-27(20)41-30(19)21/h1-16H. The van der Waals surface area contributed by atoms with Crippen molar-refractivity contribution in [3.05, 3.63) is 108 Å². The number of halogens is 6. The Labute approximate surface area is 227 Å². The monoisotopic (exact) mass is 558 g/mol. The van der Waals surface area contributed by atoms with Crippen LogP contribution in [0.2, 0.25) is 0 Å². The van der Waals surface area contributed by atoms with Crippen molar-refractivity contribution < 1.29 is 30.8 Å². The Morgan fingerprint density at radius 2 is 1.22 bits per heavy atom. The molecular formula is C32H16F6N2O. The van der Waals surface area contributed by atoms with Gasteiger partial charge in [-0.3, -0.25) is 4.98 Å². The summed E-state index contributed by atoms with van der Waals surface area (Å²) in [5.74, 6) is 0. The number of alkyl halides is 6. The fourth-order valence-electron chi connectivity index (χ4n) is 5.33. The SMILES string of the molecule is FC(F)(F)c1ccnc2c1ccc1c(C(F)(F)F)cc(-c3ccc(-c4cccc5c4oc4ccccc45)cc3)nc12. The first-order chi connectivity index (χ1) is 19.6. The number of hydrogen-bond acceptors (Lipinski definition) is 3. The van der Waals surface area contributed by atoms with Gasteiger partial charge in [0.2, 0.25) is 0 Å². The van der Waals surface area contributed by atoms with E-state index in [1.807, 2.05) is 42.5 Å². The molecule has 3 nitrogen and oxygen atoms in total. The van der Waals surface area contributed by atoms with Gasteiger partial charge in [0, 0.05) is 38.9 Å². The van der Waals surface area contributed by atoms with Gasteiger partial charge in [0.05, 0.1) is 27.9 Å². The molecule has 0 N–H and O–H groups in total. The lowest BCUT2D eigenvalue weighted by molar-refractivity contribution is -0.137. The molecule has 9 heteroatoms. The predicted octanol–water partition coefficient (Wildman–Crippen LogP) is 10.1. The number of aromatic nitrogens is 2. The van der Waals surface area contributed by atoms with Crippen molar-refractivity contribution in [2.75, 3.05) is 0 Å². The molecule has 3 aromatic heterocycles. The Kier molecular flexibility index (Phi) is 5.38. The molecule has 7 aromatic rings. The van der Waals surface area contributed by atoms with Crippen LogP contribution in [0, 0.1) is 0 Å². The lowest BCUT2D eigenvalue weighted by atomic mass is 9.98. The molecule has 3 heterocycles. The van der Waals surface area contributed by atoms with Crippen molar-refractivity contribution in [1.29, 1.82) is 0 Å². The van der Waals surface area contributed by atoms with Gasteiger partial charge in [-0.15, -0.1) is 0 Å². The predicted molar refractivity (Wildman–Crippen MR) is 145 cm³/mol. The maximum atomic E-state index is 14.2. The minimum atomic E-state index is -4.78. The van der Waals surface area contributed by atoms with Crippen LogP contribution in [0.15, 0.2) is 102 Å². The fraction of sp³-hybridized carbons (Fsp3) is 0.0625. The van der Waals surface area contributed by atoms with E-state index in [2.05, 4.69) is 9.97 Å². The molecule has 0 fully saturated rings. The average molecular weight is 558 g/mol. The van der Waals surface area contributed by atoms with Gasteiger partial charge >= 0.3 is 12.4 Å². The maximum Gasteiger partial charge on any atom is 0.417 e. The van der Waals surface area contributed by atoms with E-state index in [0.29, 0.717) is 11.1 Å². The van der Waals surface area contributed by atoms with Gasteiger partial charge < -0.3 is 4.42 Å². The third-order valence-electron chi connectivity index (χ3n) is 7.20. The number of benzene rings is 4. The zero-order chi connectivity index (χ0) is 28.5. The van der Waals surface area contributed by atoms with Gasteiger partial charge in [-0.2, -0.15) is 26.3 Å². The van der Waals surface area contributed by atoms with E-state index < -0.39 is 23.5 Å². The largest absolute Gasteiger partial charge is 0.455 e. The number of furan rings is 1. The van der Waals surface area contributed by atoms with Crippen LogP contribution in [0.5, 0.6) is 0 Å².